The van der Waals surface area contributed by atoms with Gasteiger partial charge in [0.1, 0.15) is 6.33 Å². The first-order chi connectivity index (χ1) is 6.18. The Kier molecular flexibility index (Phi) is 2.56. The van der Waals surface area contributed by atoms with Crippen molar-refractivity contribution in [3.63, 3.8) is 0 Å². The molecule has 14 heavy (non-hydrogen) atoms. The molecule has 1 rings (SSSR count). The SMILES string of the molecule is CC(C)(C)Nc1ncn(C(C)(C)C)n1. The smallest absolute Gasteiger partial charge is 0.242 e. The molecule has 0 spiro atoms. The van der Waals surface area contributed by atoms with Crippen molar-refractivity contribution in [2.24, 2.45) is 0 Å². The number of anilines is 1. The molecule has 1 N–H and O–H groups in total. The van der Waals surface area contributed by atoms with Crippen molar-refractivity contribution in [3.05, 3.63) is 6.33 Å². The summed E-state index contributed by atoms with van der Waals surface area (Å²) in [4.78, 5) is 4.21. The fourth-order valence-corrected chi connectivity index (χ4v) is 0.979. The summed E-state index contributed by atoms with van der Waals surface area (Å²) in [7, 11) is 0. The Balaban J connectivity index is 2.79. The van der Waals surface area contributed by atoms with Crippen molar-refractivity contribution in [2.45, 2.75) is 52.6 Å². The third kappa shape index (κ3) is 3.01. The van der Waals surface area contributed by atoms with Crippen molar-refractivity contribution in [2.75, 3.05) is 5.32 Å². The first-order valence-electron chi connectivity index (χ1n) is 4.89. The number of nitrogens with zero attached hydrogens (tertiary/aromatic N) is 3. The van der Waals surface area contributed by atoms with Crippen LogP contribution in [0, 0.1) is 0 Å². The molecule has 4 heteroatoms. The molecule has 0 fully saturated rings. The van der Waals surface area contributed by atoms with Crippen LogP contribution in [-0.2, 0) is 5.54 Å². The van der Waals surface area contributed by atoms with Crippen molar-refractivity contribution < 1.29 is 0 Å². The molecule has 0 atom stereocenters. The van der Waals surface area contributed by atoms with Crippen LogP contribution in [0.1, 0.15) is 41.5 Å². The van der Waals surface area contributed by atoms with Gasteiger partial charge < -0.3 is 5.32 Å². The fraction of sp³-hybridized carbons (Fsp3) is 0.800. The third-order valence-corrected chi connectivity index (χ3v) is 1.67. The van der Waals surface area contributed by atoms with Crippen LogP contribution in [-0.4, -0.2) is 20.3 Å². The average Bonchev–Trinajstić information content (AvgIpc) is 2.29. The zero-order valence-electron chi connectivity index (χ0n) is 9.92. The highest BCUT2D eigenvalue weighted by atomic mass is 15.4. The molecule has 0 radical (unpaired) electrons. The molecular formula is C10H20N4. The van der Waals surface area contributed by atoms with Gasteiger partial charge in [0.25, 0.3) is 0 Å². The van der Waals surface area contributed by atoms with Crippen LogP contribution < -0.4 is 5.32 Å². The molecule has 1 aromatic rings. The molecule has 1 heterocycles. The molecule has 0 amide bonds. The normalized spacial score (nSPS) is 13.0. The van der Waals surface area contributed by atoms with E-state index in [1.54, 1.807) is 6.33 Å². The van der Waals surface area contributed by atoms with Gasteiger partial charge in [-0.15, -0.1) is 5.10 Å². The summed E-state index contributed by atoms with van der Waals surface area (Å²) in [6.07, 6.45) is 1.76. The molecule has 0 aliphatic heterocycles. The summed E-state index contributed by atoms with van der Waals surface area (Å²) < 4.78 is 1.86. The van der Waals surface area contributed by atoms with Crippen LogP contribution in [0.25, 0.3) is 0 Å². The molecule has 0 unspecified atom stereocenters. The Morgan fingerprint density at radius 2 is 1.71 bits per heavy atom. The minimum absolute atomic E-state index is 0.00404. The van der Waals surface area contributed by atoms with E-state index >= 15 is 0 Å². The van der Waals surface area contributed by atoms with E-state index in [1.807, 2.05) is 4.68 Å². The summed E-state index contributed by atoms with van der Waals surface area (Å²) in [5.41, 5.74) is -0.00508. The van der Waals surface area contributed by atoms with Gasteiger partial charge in [-0.25, -0.2) is 9.67 Å². The summed E-state index contributed by atoms with van der Waals surface area (Å²) in [6.45, 7) is 12.6. The van der Waals surface area contributed by atoms with Crippen LogP contribution in [0.2, 0.25) is 0 Å². The number of nitrogens with one attached hydrogen (secondary N) is 1. The standard InChI is InChI=1S/C10H20N4/c1-9(2,3)12-8-11-7-14(13-8)10(4,5)6/h7H,1-6H3,(H,12,13). The van der Waals surface area contributed by atoms with E-state index in [0.29, 0.717) is 5.95 Å². The molecule has 0 aromatic carbocycles. The Morgan fingerprint density at radius 3 is 2.07 bits per heavy atom. The van der Waals surface area contributed by atoms with Crippen LogP contribution in [0.5, 0.6) is 0 Å². The lowest BCUT2D eigenvalue weighted by Gasteiger charge is -2.20. The van der Waals surface area contributed by atoms with E-state index in [0.717, 1.165) is 0 Å². The minimum Gasteiger partial charge on any atom is -0.348 e. The van der Waals surface area contributed by atoms with Crippen molar-refractivity contribution in [1.29, 1.82) is 0 Å². The van der Waals surface area contributed by atoms with Gasteiger partial charge in [-0.2, -0.15) is 0 Å². The second kappa shape index (κ2) is 3.26. The topological polar surface area (TPSA) is 42.7 Å². The van der Waals surface area contributed by atoms with E-state index in [1.165, 1.54) is 0 Å². The second-order valence-electron chi connectivity index (χ2n) is 5.56. The van der Waals surface area contributed by atoms with Crippen LogP contribution in [0.3, 0.4) is 0 Å². The van der Waals surface area contributed by atoms with Crippen molar-refractivity contribution in [1.82, 2.24) is 14.8 Å². The second-order valence-corrected chi connectivity index (χ2v) is 5.56. The molecule has 80 valence electrons. The maximum Gasteiger partial charge on any atom is 0.242 e. The van der Waals surface area contributed by atoms with Gasteiger partial charge >= 0.3 is 0 Å². The molecule has 0 saturated carbocycles. The maximum atomic E-state index is 4.36. The molecule has 1 aromatic heterocycles. The number of aromatic nitrogens is 3. The molecule has 4 nitrogen and oxygen atoms in total. The van der Waals surface area contributed by atoms with Crippen LogP contribution in [0.4, 0.5) is 5.95 Å². The minimum atomic E-state index is -0.00911. The number of hydrogen-bond donors (Lipinski definition) is 1. The van der Waals surface area contributed by atoms with E-state index in [2.05, 4.69) is 56.9 Å². The van der Waals surface area contributed by atoms with Crippen LogP contribution in [0.15, 0.2) is 6.33 Å². The first kappa shape index (κ1) is 11.0. The third-order valence-electron chi connectivity index (χ3n) is 1.67. The highest BCUT2D eigenvalue weighted by Crippen LogP contribution is 2.14. The summed E-state index contributed by atoms with van der Waals surface area (Å²) >= 11 is 0. The molecule has 0 saturated heterocycles. The lowest BCUT2D eigenvalue weighted by Crippen LogP contribution is -2.27. The van der Waals surface area contributed by atoms with E-state index in [9.17, 15) is 0 Å². The average molecular weight is 196 g/mol. The lowest BCUT2D eigenvalue weighted by molar-refractivity contribution is 0.355. The number of hydrogen-bond acceptors (Lipinski definition) is 3. The van der Waals surface area contributed by atoms with E-state index in [4.69, 9.17) is 0 Å². The molecular weight excluding hydrogens is 176 g/mol. The predicted molar refractivity (Wildman–Crippen MR) is 58.4 cm³/mol. The van der Waals surface area contributed by atoms with Gasteiger partial charge in [-0.3, -0.25) is 0 Å². The Labute approximate surface area is 85.7 Å². The van der Waals surface area contributed by atoms with Crippen LogP contribution >= 0.6 is 0 Å². The number of rotatable bonds is 1. The molecule has 0 aliphatic rings. The summed E-state index contributed by atoms with van der Waals surface area (Å²) in [5.74, 6) is 0.687. The maximum absolute atomic E-state index is 4.36. The summed E-state index contributed by atoms with van der Waals surface area (Å²) in [6, 6.07) is 0. The Bertz CT molecular complexity index is 301. The van der Waals surface area contributed by atoms with Gasteiger partial charge in [0.2, 0.25) is 5.95 Å². The van der Waals surface area contributed by atoms with Crippen molar-refractivity contribution >= 4 is 5.95 Å². The Hall–Kier alpha value is -1.06. The predicted octanol–water partition coefficient (Wildman–Crippen LogP) is 2.24. The van der Waals surface area contributed by atoms with Gasteiger partial charge in [-0.05, 0) is 41.5 Å². The quantitative estimate of drug-likeness (QED) is 0.749. The lowest BCUT2D eigenvalue weighted by atomic mass is 10.1. The van der Waals surface area contributed by atoms with Gasteiger partial charge in [-0.1, -0.05) is 0 Å². The van der Waals surface area contributed by atoms with Crippen molar-refractivity contribution in [3.8, 4) is 0 Å². The monoisotopic (exact) mass is 196 g/mol. The highest BCUT2D eigenvalue weighted by Gasteiger charge is 2.17. The largest absolute Gasteiger partial charge is 0.348 e. The summed E-state index contributed by atoms with van der Waals surface area (Å²) in [5, 5.41) is 7.59. The fourth-order valence-electron chi connectivity index (χ4n) is 0.979. The van der Waals surface area contributed by atoms with Gasteiger partial charge in [0.15, 0.2) is 0 Å². The van der Waals surface area contributed by atoms with E-state index in [-0.39, 0.29) is 11.1 Å². The van der Waals surface area contributed by atoms with E-state index < -0.39 is 0 Å². The molecule has 0 aliphatic carbocycles. The zero-order valence-corrected chi connectivity index (χ0v) is 9.92. The molecule has 0 bridgehead atoms. The first-order valence-corrected chi connectivity index (χ1v) is 4.89. The zero-order chi connectivity index (χ0) is 11.0. The van der Waals surface area contributed by atoms with Gasteiger partial charge in [0, 0.05) is 5.54 Å². The van der Waals surface area contributed by atoms with Gasteiger partial charge in [0.05, 0.1) is 5.54 Å². The Morgan fingerprint density at radius 1 is 1.14 bits per heavy atom. The highest BCUT2D eigenvalue weighted by molar-refractivity contribution is 5.25.